The molecule has 1 nitrogen and oxygen atoms in total. The van der Waals surface area contributed by atoms with Crippen LogP contribution < -0.4 is 5.32 Å². The summed E-state index contributed by atoms with van der Waals surface area (Å²) >= 11 is 5.08. The third-order valence-corrected chi connectivity index (χ3v) is 5.06. The van der Waals surface area contributed by atoms with Crippen LogP contribution in [0.2, 0.25) is 0 Å². The van der Waals surface area contributed by atoms with Crippen LogP contribution in [-0.2, 0) is 6.42 Å². The molecule has 0 saturated carbocycles. The second-order valence-electron chi connectivity index (χ2n) is 4.80. The van der Waals surface area contributed by atoms with Gasteiger partial charge in [-0.2, -0.15) is 0 Å². The van der Waals surface area contributed by atoms with Crippen LogP contribution in [0.15, 0.2) is 51.8 Å². The van der Waals surface area contributed by atoms with E-state index in [0.717, 1.165) is 18.5 Å². The summed E-state index contributed by atoms with van der Waals surface area (Å²) < 4.78 is 14.2. The van der Waals surface area contributed by atoms with E-state index in [2.05, 4.69) is 58.7 Å². The van der Waals surface area contributed by atoms with E-state index < -0.39 is 0 Å². The first kappa shape index (κ1) is 16.5. The molecule has 1 unspecified atom stereocenters. The average Bonchev–Trinajstić information content (AvgIpc) is 2.51. The zero-order valence-corrected chi connectivity index (χ0v) is 14.6. The number of halogens is 2. The lowest BCUT2D eigenvalue weighted by molar-refractivity contribution is 0.544. The van der Waals surface area contributed by atoms with Crippen molar-refractivity contribution in [2.75, 3.05) is 12.8 Å². The fourth-order valence-corrected chi connectivity index (χ4v) is 3.15. The SMILES string of the molecule is CCNC(Cc1cccc(F)c1Br)c1ccc(SC)cc1. The van der Waals surface area contributed by atoms with E-state index >= 15 is 0 Å². The van der Waals surface area contributed by atoms with E-state index in [0.29, 0.717) is 4.47 Å². The van der Waals surface area contributed by atoms with E-state index in [9.17, 15) is 4.39 Å². The molecule has 0 saturated heterocycles. The first-order chi connectivity index (χ1) is 10.2. The maximum Gasteiger partial charge on any atom is 0.137 e. The Morgan fingerprint density at radius 1 is 1.19 bits per heavy atom. The van der Waals surface area contributed by atoms with Crippen LogP contribution in [0.3, 0.4) is 0 Å². The Kier molecular flexibility index (Phi) is 6.27. The first-order valence-electron chi connectivity index (χ1n) is 6.96. The second-order valence-corrected chi connectivity index (χ2v) is 6.47. The molecule has 0 fully saturated rings. The highest BCUT2D eigenvalue weighted by molar-refractivity contribution is 9.10. The van der Waals surface area contributed by atoms with Crippen LogP contribution in [0.4, 0.5) is 4.39 Å². The van der Waals surface area contributed by atoms with Crippen LogP contribution in [0.25, 0.3) is 0 Å². The predicted octanol–water partition coefficient (Wildman–Crippen LogP) is 5.20. The molecular weight excluding hydrogens is 349 g/mol. The minimum Gasteiger partial charge on any atom is -0.310 e. The van der Waals surface area contributed by atoms with Crippen LogP contribution >= 0.6 is 27.7 Å². The van der Waals surface area contributed by atoms with Crippen molar-refractivity contribution >= 4 is 27.7 Å². The van der Waals surface area contributed by atoms with Gasteiger partial charge in [0, 0.05) is 10.9 Å². The summed E-state index contributed by atoms with van der Waals surface area (Å²) in [5.74, 6) is -0.208. The zero-order valence-electron chi connectivity index (χ0n) is 12.2. The Balaban J connectivity index is 2.23. The Morgan fingerprint density at radius 2 is 1.90 bits per heavy atom. The smallest absolute Gasteiger partial charge is 0.137 e. The van der Waals surface area contributed by atoms with Gasteiger partial charge in [-0.1, -0.05) is 31.2 Å². The molecule has 2 rings (SSSR count). The van der Waals surface area contributed by atoms with Gasteiger partial charge in [-0.25, -0.2) is 4.39 Å². The van der Waals surface area contributed by atoms with Crippen molar-refractivity contribution < 1.29 is 4.39 Å². The number of hydrogen-bond acceptors (Lipinski definition) is 2. The number of benzene rings is 2. The van der Waals surface area contributed by atoms with E-state index in [1.165, 1.54) is 16.5 Å². The number of nitrogens with one attached hydrogen (secondary N) is 1. The van der Waals surface area contributed by atoms with Gasteiger partial charge < -0.3 is 5.32 Å². The summed E-state index contributed by atoms with van der Waals surface area (Å²) in [5, 5.41) is 3.48. The van der Waals surface area contributed by atoms with E-state index in [1.807, 2.05) is 6.07 Å². The van der Waals surface area contributed by atoms with Crippen molar-refractivity contribution in [1.29, 1.82) is 0 Å². The van der Waals surface area contributed by atoms with E-state index in [1.54, 1.807) is 17.8 Å². The highest BCUT2D eigenvalue weighted by atomic mass is 79.9. The quantitative estimate of drug-likeness (QED) is 0.703. The van der Waals surface area contributed by atoms with Crippen LogP contribution in [-0.4, -0.2) is 12.8 Å². The molecule has 0 spiro atoms. The van der Waals surface area contributed by atoms with Crippen molar-refractivity contribution in [2.24, 2.45) is 0 Å². The van der Waals surface area contributed by atoms with Gasteiger partial charge in [-0.15, -0.1) is 11.8 Å². The number of thioether (sulfide) groups is 1. The molecule has 2 aromatic rings. The van der Waals surface area contributed by atoms with Gasteiger partial charge in [-0.05, 0) is 64.5 Å². The number of rotatable bonds is 6. The molecule has 0 aliphatic rings. The third kappa shape index (κ3) is 4.31. The molecule has 0 aromatic heterocycles. The molecule has 4 heteroatoms. The second kappa shape index (κ2) is 7.97. The fraction of sp³-hybridized carbons (Fsp3) is 0.294. The predicted molar refractivity (Wildman–Crippen MR) is 92.4 cm³/mol. The lowest BCUT2D eigenvalue weighted by Gasteiger charge is -2.19. The number of hydrogen-bond donors (Lipinski definition) is 1. The van der Waals surface area contributed by atoms with Crippen molar-refractivity contribution in [1.82, 2.24) is 5.32 Å². The van der Waals surface area contributed by atoms with Gasteiger partial charge in [-0.3, -0.25) is 0 Å². The van der Waals surface area contributed by atoms with E-state index in [-0.39, 0.29) is 11.9 Å². The lowest BCUT2D eigenvalue weighted by atomic mass is 9.99. The van der Waals surface area contributed by atoms with E-state index in [4.69, 9.17) is 0 Å². The number of likely N-dealkylation sites (N-methyl/N-ethyl adjacent to an activating group) is 1. The van der Waals surface area contributed by atoms with Crippen LogP contribution in [0.5, 0.6) is 0 Å². The Bertz CT molecular complexity index is 586. The topological polar surface area (TPSA) is 12.0 Å². The maximum atomic E-state index is 13.6. The highest BCUT2D eigenvalue weighted by Crippen LogP contribution is 2.27. The minimum absolute atomic E-state index is 0.184. The summed E-state index contributed by atoms with van der Waals surface area (Å²) in [7, 11) is 0. The standard InChI is InChI=1S/C17H19BrFNS/c1-3-20-16(12-7-9-14(21-2)10-8-12)11-13-5-4-6-15(19)17(13)18/h4-10,16,20H,3,11H2,1-2H3. The molecule has 0 radical (unpaired) electrons. The van der Waals surface area contributed by atoms with Gasteiger partial charge in [0.1, 0.15) is 5.82 Å². The summed E-state index contributed by atoms with van der Waals surface area (Å²) in [6.45, 7) is 2.96. The van der Waals surface area contributed by atoms with Gasteiger partial charge in [0.2, 0.25) is 0 Å². The average molecular weight is 368 g/mol. The maximum absolute atomic E-state index is 13.6. The molecule has 21 heavy (non-hydrogen) atoms. The van der Waals surface area contributed by atoms with Gasteiger partial charge in [0.05, 0.1) is 4.47 Å². The molecule has 0 bridgehead atoms. The summed E-state index contributed by atoms with van der Waals surface area (Å²) in [6.07, 6.45) is 2.82. The van der Waals surface area contributed by atoms with Crippen LogP contribution in [0.1, 0.15) is 24.1 Å². The van der Waals surface area contributed by atoms with Gasteiger partial charge >= 0.3 is 0 Å². The van der Waals surface area contributed by atoms with Crippen LogP contribution in [0, 0.1) is 5.82 Å². The highest BCUT2D eigenvalue weighted by Gasteiger charge is 2.14. The monoisotopic (exact) mass is 367 g/mol. The Morgan fingerprint density at radius 3 is 2.52 bits per heavy atom. The summed E-state index contributed by atoms with van der Waals surface area (Å²) in [6, 6.07) is 13.9. The van der Waals surface area contributed by atoms with Crippen molar-refractivity contribution in [3.8, 4) is 0 Å². The summed E-state index contributed by atoms with van der Waals surface area (Å²) in [4.78, 5) is 1.25. The third-order valence-electron chi connectivity index (χ3n) is 3.42. The van der Waals surface area contributed by atoms with Gasteiger partial charge in [0.15, 0.2) is 0 Å². The van der Waals surface area contributed by atoms with Crippen molar-refractivity contribution in [2.45, 2.75) is 24.3 Å². The normalized spacial score (nSPS) is 12.4. The largest absolute Gasteiger partial charge is 0.310 e. The molecule has 1 atom stereocenters. The Hall–Kier alpha value is -0.840. The zero-order chi connectivity index (χ0) is 15.2. The molecule has 0 amide bonds. The lowest BCUT2D eigenvalue weighted by Crippen LogP contribution is -2.23. The first-order valence-corrected chi connectivity index (χ1v) is 8.97. The molecule has 2 aromatic carbocycles. The fourth-order valence-electron chi connectivity index (χ4n) is 2.32. The van der Waals surface area contributed by atoms with Crippen molar-refractivity contribution in [3.05, 3.63) is 63.9 Å². The molecule has 1 N–H and O–H groups in total. The van der Waals surface area contributed by atoms with Crippen molar-refractivity contribution in [3.63, 3.8) is 0 Å². The molecule has 0 heterocycles. The summed E-state index contributed by atoms with van der Waals surface area (Å²) in [5.41, 5.74) is 2.21. The molecular formula is C17H19BrFNS. The minimum atomic E-state index is -0.208. The van der Waals surface area contributed by atoms with Gasteiger partial charge in [0.25, 0.3) is 0 Å². The molecule has 0 aliphatic heterocycles. The molecule has 0 aliphatic carbocycles. The Labute approximate surface area is 138 Å². The molecule has 112 valence electrons.